The summed E-state index contributed by atoms with van der Waals surface area (Å²) in [5.41, 5.74) is 0.797. The minimum Gasteiger partial charge on any atom is -0.301 e. The van der Waals surface area contributed by atoms with E-state index in [1.54, 1.807) is 0 Å². The Morgan fingerprint density at radius 1 is 0.929 bits per heavy atom. The van der Waals surface area contributed by atoms with Gasteiger partial charge in [-0.2, -0.15) is 0 Å². The number of likely N-dealkylation sites (tertiary alicyclic amines) is 1. The minimum absolute atomic E-state index is 0. The third-order valence-electron chi connectivity index (χ3n) is 4.25. The van der Waals surface area contributed by atoms with E-state index in [-0.39, 0.29) is 7.43 Å². The Morgan fingerprint density at radius 3 is 1.86 bits per heavy atom. The molecular formula is C13H27N. The lowest BCUT2D eigenvalue weighted by molar-refractivity contribution is 0.0871. The van der Waals surface area contributed by atoms with Crippen molar-refractivity contribution < 1.29 is 0 Å². The summed E-state index contributed by atoms with van der Waals surface area (Å²) in [7, 11) is 0. The number of hydrogen-bond donors (Lipinski definition) is 0. The zero-order chi connectivity index (χ0) is 9.31. The van der Waals surface area contributed by atoms with E-state index in [0.717, 1.165) is 11.5 Å². The van der Waals surface area contributed by atoms with Crippen molar-refractivity contribution in [3.05, 3.63) is 0 Å². The molecule has 1 heteroatoms. The third kappa shape index (κ3) is 2.31. The Labute approximate surface area is 89.9 Å². The average Bonchev–Trinajstić information content (AvgIpc) is 2.54. The average molecular weight is 197 g/mol. The van der Waals surface area contributed by atoms with Crippen molar-refractivity contribution in [1.82, 2.24) is 4.90 Å². The van der Waals surface area contributed by atoms with E-state index in [1.165, 1.54) is 51.6 Å². The molecule has 0 aromatic heterocycles. The topological polar surface area (TPSA) is 3.24 Å². The molecule has 2 fully saturated rings. The van der Waals surface area contributed by atoms with Gasteiger partial charge in [0, 0.05) is 6.04 Å². The van der Waals surface area contributed by atoms with Gasteiger partial charge in [-0.3, -0.25) is 0 Å². The van der Waals surface area contributed by atoms with Crippen molar-refractivity contribution in [2.45, 2.75) is 65.8 Å². The van der Waals surface area contributed by atoms with Crippen LogP contribution in [-0.4, -0.2) is 24.0 Å². The fourth-order valence-corrected chi connectivity index (χ4v) is 3.14. The molecule has 0 aromatic rings. The van der Waals surface area contributed by atoms with Gasteiger partial charge in [-0.15, -0.1) is 0 Å². The van der Waals surface area contributed by atoms with Crippen LogP contribution in [0.25, 0.3) is 0 Å². The molecule has 0 bridgehead atoms. The lowest BCUT2D eigenvalue weighted by Crippen LogP contribution is -2.42. The first kappa shape index (κ1) is 12.0. The molecule has 14 heavy (non-hydrogen) atoms. The van der Waals surface area contributed by atoms with Crippen LogP contribution in [0, 0.1) is 5.41 Å². The summed E-state index contributed by atoms with van der Waals surface area (Å²) in [4.78, 5) is 2.64. The molecule has 1 heterocycles. The first-order chi connectivity index (χ1) is 6.22. The minimum atomic E-state index is 0. The van der Waals surface area contributed by atoms with Crippen LogP contribution in [0.1, 0.15) is 59.8 Å². The normalized spacial score (nSPS) is 26.8. The van der Waals surface area contributed by atoms with Crippen LogP contribution in [0.2, 0.25) is 0 Å². The Morgan fingerprint density at radius 2 is 1.43 bits per heavy atom. The summed E-state index contributed by atoms with van der Waals surface area (Å²) in [6.07, 6.45) is 9.01. The maximum atomic E-state index is 2.64. The number of hydrogen-bond acceptors (Lipinski definition) is 1. The summed E-state index contributed by atoms with van der Waals surface area (Å²) in [6.45, 7) is 7.37. The monoisotopic (exact) mass is 197 g/mol. The molecule has 0 amide bonds. The summed E-state index contributed by atoms with van der Waals surface area (Å²) in [5, 5.41) is 0. The first-order valence-corrected chi connectivity index (χ1v) is 5.96. The SMILES string of the molecule is C.CC(C)N1CCC2(CCCC2)CC1. The summed E-state index contributed by atoms with van der Waals surface area (Å²) >= 11 is 0. The van der Waals surface area contributed by atoms with Gasteiger partial charge in [0.05, 0.1) is 0 Å². The molecule has 1 nitrogen and oxygen atoms in total. The molecule has 1 aliphatic carbocycles. The Hall–Kier alpha value is -0.0400. The van der Waals surface area contributed by atoms with Crippen LogP contribution < -0.4 is 0 Å². The van der Waals surface area contributed by atoms with Crippen LogP contribution in [0.15, 0.2) is 0 Å². The van der Waals surface area contributed by atoms with Gasteiger partial charge in [0.2, 0.25) is 0 Å². The number of rotatable bonds is 1. The molecule has 1 saturated carbocycles. The molecule has 0 N–H and O–H groups in total. The van der Waals surface area contributed by atoms with Gasteiger partial charge < -0.3 is 4.90 Å². The van der Waals surface area contributed by atoms with Crippen molar-refractivity contribution in [2.24, 2.45) is 5.41 Å². The van der Waals surface area contributed by atoms with Crippen molar-refractivity contribution in [3.63, 3.8) is 0 Å². The molecule has 84 valence electrons. The van der Waals surface area contributed by atoms with Gasteiger partial charge in [-0.1, -0.05) is 20.3 Å². The van der Waals surface area contributed by atoms with Crippen molar-refractivity contribution in [1.29, 1.82) is 0 Å². The van der Waals surface area contributed by atoms with E-state index in [9.17, 15) is 0 Å². The Balaban J connectivity index is 0.000000980. The Kier molecular flexibility index (Phi) is 4.00. The van der Waals surface area contributed by atoms with Gasteiger partial charge in [0.25, 0.3) is 0 Å². The molecule has 2 rings (SSSR count). The highest BCUT2D eigenvalue weighted by Gasteiger charge is 2.37. The van der Waals surface area contributed by atoms with Crippen molar-refractivity contribution in [3.8, 4) is 0 Å². The van der Waals surface area contributed by atoms with Gasteiger partial charge >= 0.3 is 0 Å². The maximum absolute atomic E-state index is 2.64. The van der Waals surface area contributed by atoms with Gasteiger partial charge in [-0.05, 0) is 58.0 Å². The van der Waals surface area contributed by atoms with E-state index in [0.29, 0.717) is 0 Å². The summed E-state index contributed by atoms with van der Waals surface area (Å²) in [6, 6.07) is 0.763. The van der Waals surface area contributed by atoms with Crippen LogP contribution >= 0.6 is 0 Å². The van der Waals surface area contributed by atoms with E-state index < -0.39 is 0 Å². The highest BCUT2D eigenvalue weighted by atomic mass is 15.2. The fourth-order valence-electron chi connectivity index (χ4n) is 3.14. The third-order valence-corrected chi connectivity index (χ3v) is 4.25. The smallest absolute Gasteiger partial charge is 0.00385 e. The molecule has 1 spiro atoms. The van der Waals surface area contributed by atoms with Crippen molar-refractivity contribution in [2.75, 3.05) is 13.1 Å². The maximum Gasteiger partial charge on any atom is 0.00385 e. The molecular weight excluding hydrogens is 170 g/mol. The molecule has 0 atom stereocenters. The van der Waals surface area contributed by atoms with Gasteiger partial charge in [-0.25, -0.2) is 0 Å². The number of nitrogens with zero attached hydrogens (tertiary/aromatic N) is 1. The van der Waals surface area contributed by atoms with E-state index in [1.807, 2.05) is 0 Å². The highest BCUT2D eigenvalue weighted by molar-refractivity contribution is 4.90. The van der Waals surface area contributed by atoms with Crippen LogP contribution in [0.3, 0.4) is 0 Å². The summed E-state index contributed by atoms with van der Waals surface area (Å²) < 4.78 is 0. The summed E-state index contributed by atoms with van der Waals surface area (Å²) in [5.74, 6) is 0. The number of piperidine rings is 1. The first-order valence-electron chi connectivity index (χ1n) is 5.96. The second-order valence-electron chi connectivity index (χ2n) is 5.34. The lowest BCUT2D eigenvalue weighted by Gasteiger charge is -2.41. The van der Waals surface area contributed by atoms with Gasteiger partial charge in [0.15, 0.2) is 0 Å². The molecule has 0 unspecified atom stereocenters. The second-order valence-corrected chi connectivity index (χ2v) is 5.34. The molecule has 2 aliphatic rings. The largest absolute Gasteiger partial charge is 0.301 e. The molecule has 0 aromatic carbocycles. The standard InChI is InChI=1S/C12H23N.CH4/c1-11(2)13-9-7-12(8-10-13)5-3-4-6-12;/h11H,3-10H2,1-2H3;1H4. The van der Waals surface area contributed by atoms with Gasteiger partial charge in [0.1, 0.15) is 0 Å². The second kappa shape index (κ2) is 4.65. The van der Waals surface area contributed by atoms with E-state index in [4.69, 9.17) is 0 Å². The van der Waals surface area contributed by atoms with Crippen LogP contribution in [-0.2, 0) is 0 Å². The van der Waals surface area contributed by atoms with Crippen LogP contribution in [0.4, 0.5) is 0 Å². The Bertz CT molecular complexity index is 158. The zero-order valence-electron chi connectivity index (χ0n) is 9.18. The van der Waals surface area contributed by atoms with Crippen molar-refractivity contribution >= 4 is 0 Å². The lowest BCUT2D eigenvalue weighted by atomic mass is 9.77. The molecule has 0 radical (unpaired) electrons. The molecule has 1 saturated heterocycles. The molecule has 1 aliphatic heterocycles. The van der Waals surface area contributed by atoms with E-state index >= 15 is 0 Å². The highest BCUT2D eigenvalue weighted by Crippen LogP contribution is 2.46. The fraction of sp³-hybridized carbons (Fsp3) is 1.00. The zero-order valence-corrected chi connectivity index (χ0v) is 9.18. The predicted molar refractivity (Wildman–Crippen MR) is 63.6 cm³/mol. The predicted octanol–water partition coefficient (Wildman–Crippen LogP) is 3.69. The quantitative estimate of drug-likeness (QED) is 0.620. The van der Waals surface area contributed by atoms with Crippen LogP contribution in [0.5, 0.6) is 0 Å². The van der Waals surface area contributed by atoms with E-state index in [2.05, 4.69) is 18.7 Å².